The predicted octanol–water partition coefficient (Wildman–Crippen LogP) is 2.74. The van der Waals surface area contributed by atoms with Crippen molar-refractivity contribution >= 4 is 0 Å². The molecule has 0 aromatic carbocycles. The summed E-state index contributed by atoms with van der Waals surface area (Å²) in [6.45, 7) is 6.86. The first-order chi connectivity index (χ1) is 6.14. The molecule has 1 radical (unpaired) electrons. The maximum Gasteiger partial charge on any atom is 0.106 e. The molecule has 79 valence electrons. The van der Waals surface area contributed by atoms with E-state index < -0.39 is 5.60 Å². The Balaban J connectivity index is 4.21. The summed E-state index contributed by atoms with van der Waals surface area (Å²) in [5, 5.41) is 12.3. The normalized spacial score (nSPS) is 16.2. The number of rotatable bonds is 7. The zero-order valence-corrected chi connectivity index (χ0v) is 9.31. The van der Waals surface area contributed by atoms with E-state index in [1.807, 2.05) is 6.92 Å². The van der Waals surface area contributed by atoms with Gasteiger partial charge in [0, 0.05) is 0 Å². The molecule has 13 heavy (non-hydrogen) atoms. The Hall–Kier alpha value is -0.0800. The predicted molar refractivity (Wildman–Crippen MR) is 56.1 cm³/mol. The highest BCUT2D eigenvalue weighted by Gasteiger charge is 2.33. The van der Waals surface area contributed by atoms with Crippen molar-refractivity contribution in [2.75, 3.05) is 6.54 Å². The maximum absolute atomic E-state index is 12.3. The van der Waals surface area contributed by atoms with E-state index in [2.05, 4.69) is 13.8 Å². The number of hydrogen-bond acceptors (Lipinski definition) is 1. The Labute approximate surface area is 82.5 Å². The third-order valence-electron chi connectivity index (χ3n) is 3.13. The van der Waals surface area contributed by atoms with Crippen LogP contribution in [-0.2, 0) is 5.11 Å². The monoisotopic (exact) mass is 186 g/mol. The largest absolute Gasteiger partial charge is 0.330 e. The summed E-state index contributed by atoms with van der Waals surface area (Å²) in [6, 6.07) is 0. The molecule has 1 atom stereocenters. The Bertz CT molecular complexity index is 123. The van der Waals surface area contributed by atoms with E-state index in [0.29, 0.717) is 12.5 Å². The van der Waals surface area contributed by atoms with Gasteiger partial charge in [0.05, 0.1) is 0 Å². The SMILES string of the molecule is CCC(CC)C([O])(CC)CCCN. The molecule has 0 aliphatic carbocycles. The fourth-order valence-corrected chi connectivity index (χ4v) is 2.10. The van der Waals surface area contributed by atoms with E-state index >= 15 is 0 Å². The molecule has 0 aromatic heterocycles. The maximum atomic E-state index is 12.3. The van der Waals surface area contributed by atoms with Crippen LogP contribution >= 0.6 is 0 Å². The minimum absolute atomic E-state index is 0.323. The fourth-order valence-electron chi connectivity index (χ4n) is 2.10. The molecule has 0 fully saturated rings. The van der Waals surface area contributed by atoms with Crippen molar-refractivity contribution < 1.29 is 5.11 Å². The summed E-state index contributed by atoms with van der Waals surface area (Å²) in [4.78, 5) is 0. The first-order valence-corrected chi connectivity index (χ1v) is 5.55. The van der Waals surface area contributed by atoms with Gasteiger partial charge >= 0.3 is 0 Å². The minimum Gasteiger partial charge on any atom is -0.330 e. The summed E-state index contributed by atoms with van der Waals surface area (Å²) in [7, 11) is 0. The quantitative estimate of drug-likeness (QED) is 0.653. The Morgan fingerprint density at radius 2 is 1.77 bits per heavy atom. The van der Waals surface area contributed by atoms with Crippen LogP contribution in [0.2, 0.25) is 0 Å². The third kappa shape index (κ3) is 3.65. The second-order valence-corrected chi connectivity index (χ2v) is 3.82. The molecule has 0 spiro atoms. The number of nitrogens with two attached hydrogens (primary N) is 1. The van der Waals surface area contributed by atoms with Crippen LogP contribution < -0.4 is 5.73 Å². The standard InChI is InChI=1S/C11H24NO/c1-4-10(5-2)11(13,6-3)8-7-9-12/h10H,4-9,12H2,1-3H3. The minimum atomic E-state index is -0.719. The van der Waals surface area contributed by atoms with Crippen molar-refractivity contribution in [1.82, 2.24) is 0 Å². The second kappa shape index (κ2) is 6.39. The van der Waals surface area contributed by atoms with Crippen LogP contribution in [0.5, 0.6) is 0 Å². The molecule has 0 bridgehead atoms. The van der Waals surface area contributed by atoms with Crippen molar-refractivity contribution in [1.29, 1.82) is 0 Å². The van der Waals surface area contributed by atoms with E-state index in [0.717, 1.165) is 32.1 Å². The van der Waals surface area contributed by atoms with Gasteiger partial charge in [-0.1, -0.05) is 33.6 Å². The molecule has 0 aliphatic rings. The van der Waals surface area contributed by atoms with Crippen LogP contribution in [0.3, 0.4) is 0 Å². The first kappa shape index (κ1) is 12.9. The molecule has 2 heteroatoms. The number of hydrogen-bond donors (Lipinski definition) is 1. The molecule has 0 amide bonds. The van der Waals surface area contributed by atoms with Gasteiger partial charge in [-0.2, -0.15) is 0 Å². The lowest BCUT2D eigenvalue weighted by atomic mass is 9.78. The molecule has 0 heterocycles. The van der Waals surface area contributed by atoms with Gasteiger partial charge in [0.1, 0.15) is 5.60 Å². The molecule has 0 rings (SSSR count). The van der Waals surface area contributed by atoms with E-state index in [1.54, 1.807) is 0 Å². The van der Waals surface area contributed by atoms with Gasteiger partial charge in [0.25, 0.3) is 0 Å². The van der Waals surface area contributed by atoms with Crippen LogP contribution in [0.1, 0.15) is 52.9 Å². The van der Waals surface area contributed by atoms with Crippen LogP contribution in [0.4, 0.5) is 0 Å². The Kier molecular flexibility index (Phi) is 6.35. The van der Waals surface area contributed by atoms with Crippen LogP contribution in [0.15, 0.2) is 0 Å². The Morgan fingerprint density at radius 1 is 1.23 bits per heavy atom. The van der Waals surface area contributed by atoms with Crippen molar-refractivity contribution in [3.8, 4) is 0 Å². The highest BCUT2D eigenvalue weighted by molar-refractivity contribution is 4.83. The lowest BCUT2D eigenvalue weighted by Gasteiger charge is -2.32. The summed E-state index contributed by atoms with van der Waals surface area (Å²) >= 11 is 0. The summed E-state index contributed by atoms with van der Waals surface area (Å²) < 4.78 is 0. The molecular formula is C11H24NO. The van der Waals surface area contributed by atoms with Gasteiger partial charge in [-0.05, 0) is 31.7 Å². The van der Waals surface area contributed by atoms with E-state index in [-0.39, 0.29) is 0 Å². The molecule has 0 aromatic rings. The molecule has 2 N–H and O–H groups in total. The van der Waals surface area contributed by atoms with E-state index in [4.69, 9.17) is 5.73 Å². The van der Waals surface area contributed by atoms with Gasteiger partial charge < -0.3 is 5.73 Å². The smallest absolute Gasteiger partial charge is 0.106 e. The second-order valence-electron chi connectivity index (χ2n) is 3.82. The van der Waals surface area contributed by atoms with Crippen molar-refractivity contribution in [3.63, 3.8) is 0 Å². The zero-order chi connectivity index (χ0) is 10.3. The zero-order valence-electron chi connectivity index (χ0n) is 9.31. The Morgan fingerprint density at radius 3 is 2.08 bits per heavy atom. The molecule has 1 unspecified atom stereocenters. The molecule has 0 saturated heterocycles. The fraction of sp³-hybridized carbons (Fsp3) is 1.00. The highest BCUT2D eigenvalue weighted by Crippen LogP contribution is 2.32. The van der Waals surface area contributed by atoms with E-state index in [9.17, 15) is 5.11 Å². The van der Waals surface area contributed by atoms with Crippen molar-refractivity contribution in [2.45, 2.75) is 58.5 Å². The molecule has 0 aliphatic heterocycles. The molecule has 2 nitrogen and oxygen atoms in total. The first-order valence-electron chi connectivity index (χ1n) is 5.55. The van der Waals surface area contributed by atoms with E-state index in [1.165, 1.54) is 0 Å². The topological polar surface area (TPSA) is 45.9 Å². The summed E-state index contributed by atoms with van der Waals surface area (Å²) in [5.74, 6) is 0.323. The summed E-state index contributed by atoms with van der Waals surface area (Å²) in [5.41, 5.74) is 4.72. The van der Waals surface area contributed by atoms with Crippen molar-refractivity contribution in [2.24, 2.45) is 11.7 Å². The van der Waals surface area contributed by atoms with Crippen LogP contribution in [-0.4, -0.2) is 12.1 Å². The van der Waals surface area contributed by atoms with Gasteiger partial charge in [-0.3, -0.25) is 0 Å². The van der Waals surface area contributed by atoms with Gasteiger partial charge in [-0.15, -0.1) is 0 Å². The molecular weight excluding hydrogens is 162 g/mol. The van der Waals surface area contributed by atoms with Gasteiger partial charge in [0.2, 0.25) is 0 Å². The van der Waals surface area contributed by atoms with Crippen LogP contribution in [0, 0.1) is 5.92 Å². The lowest BCUT2D eigenvalue weighted by molar-refractivity contribution is -0.0907. The van der Waals surface area contributed by atoms with Crippen molar-refractivity contribution in [3.05, 3.63) is 0 Å². The third-order valence-corrected chi connectivity index (χ3v) is 3.13. The average molecular weight is 186 g/mol. The lowest BCUT2D eigenvalue weighted by Crippen LogP contribution is -2.35. The average Bonchev–Trinajstić information content (AvgIpc) is 2.16. The highest BCUT2D eigenvalue weighted by atomic mass is 16.3. The van der Waals surface area contributed by atoms with Gasteiger partial charge in [-0.25, -0.2) is 5.11 Å². The van der Waals surface area contributed by atoms with Gasteiger partial charge in [0.15, 0.2) is 0 Å². The molecule has 0 saturated carbocycles. The van der Waals surface area contributed by atoms with Crippen LogP contribution in [0.25, 0.3) is 0 Å². The summed E-state index contributed by atoms with van der Waals surface area (Å²) in [6.07, 6.45) is 4.34.